The number of piperazine rings is 1. The van der Waals surface area contributed by atoms with Crippen molar-refractivity contribution in [2.24, 2.45) is 5.10 Å². The molecular formula is C27H27N3. The lowest BCUT2D eigenvalue weighted by Crippen LogP contribution is -2.43. The molecule has 1 aliphatic heterocycles. The van der Waals surface area contributed by atoms with Crippen LogP contribution in [0.15, 0.2) is 90.0 Å². The summed E-state index contributed by atoms with van der Waals surface area (Å²) in [7, 11) is 0. The summed E-state index contributed by atoms with van der Waals surface area (Å²) in [5.74, 6) is 0. The first kappa shape index (κ1) is 18.8. The van der Waals surface area contributed by atoms with Gasteiger partial charge in [-0.15, -0.1) is 0 Å². The van der Waals surface area contributed by atoms with Crippen molar-refractivity contribution in [3.05, 3.63) is 96.1 Å². The van der Waals surface area contributed by atoms with Crippen LogP contribution in [-0.4, -0.2) is 41.8 Å². The minimum Gasteiger partial charge on any atom is -0.295 e. The maximum absolute atomic E-state index is 4.97. The molecule has 0 radical (unpaired) electrons. The van der Waals surface area contributed by atoms with E-state index in [4.69, 9.17) is 5.10 Å². The van der Waals surface area contributed by atoms with E-state index in [1.165, 1.54) is 32.7 Å². The minimum atomic E-state index is 0.965. The lowest BCUT2D eigenvalue weighted by atomic mass is 10.0. The van der Waals surface area contributed by atoms with Crippen molar-refractivity contribution in [1.82, 2.24) is 9.91 Å². The van der Waals surface area contributed by atoms with Gasteiger partial charge < -0.3 is 0 Å². The Balaban J connectivity index is 1.28. The van der Waals surface area contributed by atoms with E-state index in [0.717, 1.165) is 38.4 Å². The molecule has 0 aliphatic carbocycles. The monoisotopic (exact) mass is 393 g/mol. The average Bonchev–Trinajstić information content (AvgIpc) is 2.80. The standard InChI is InChI=1S/C27H27N3/c1-21(25-15-7-11-23-9-3-5-14-27(23)25)28-30-18-16-29(17-19-30)20-24-12-6-10-22-8-2-4-13-26(22)24/h2-15H,16-20H2,1H3/b28-21+. The molecule has 0 atom stereocenters. The van der Waals surface area contributed by atoms with E-state index in [2.05, 4.69) is 102 Å². The lowest BCUT2D eigenvalue weighted by molar-refractivity contribution is 0.131. The molecule has 1 aliphatic rings. The van der Waals surface area contributed by atoms with Gasteiger partial charge in [0.1, 0.15) is 0 Å². The van der Waals surface area contributed by atoms with Gasteiger partial charge in [0.25, 0.3) is 0 Å². The highest BCUT2D eigenvalue weighted by atomic mass is 15.5. The molecule has 0 bridgehead atoms. The maximum Gasteiger partial charge on any atom is 0.0652 e. The van der Waals surface area contributed by atoms with Crippen molar-refractivity contribution < 1.29 is 0 Å². The third-order valence-corrected chi connectivity index (χ3v) is 6.09. The second-order valence-corrected chi connectivity index (χ2v) is 8.08. The highest BCUT2D eigenvalue weighted by Gasteiger charge is 2.17. The number of hydrogen-bond acceptors (Lipinski definition) is 3. The van der Waals surface area contributed by atoms with Crippen molar-refractivity contribution in [2.75, 3.05) is 26.2 Å². The first-order valence-electron chi connectivity index (χ1n) is 10.8. The fourth-order valence-corrected chi connectivity index (χ4v) is 4.47. The van der Waals surface area contributed by atoms with Crippen LogP contribution in [0, 0.1) is 0 Å². The molecule has 4 aromatic rings. The van der Waals surface area contributed by atoms with Crippen LogP contribution in [0.4, 0.5) is 0 Å². The summed E-state index contributed by atoms with van der Waals surface area (Å²) in [6, 6.07) is 30.3. The molecule has 3 nitrogen and oxygen atoms in total. The van der Waals surface area contributed by atoms with Gasteiger partial charge in [0.15, 0.2) is 0 Å². The molecule has 0 saturated carbocycles. The fraction of sp³-hybridized carbons (Fsp3) is 0.222. The van der Waals surface area contributed by atoms with E-state index in [9.17, 15) is 0 Å². The molecule has 1 saturated heterocycles. The van der Waals surface area contributed by atoms with Crippen molar-refractivity contribution >= 4 is 27.3 Å². The predicted octanol–water partition coefficient (Wildman–Crippen LogP) is 5.53. The second-order valence-electron chi connectivity index (χ2n) is 8.08. The molecule has 30 heavy (non-hydrogen) atoms. The SMILES string of the molecule is C/C(=N\N1CCN(Cc2cccc3ccccc23)CC1)c1cccc2ccccc12. The summed E-state index contributed by atoms with van der Waals surface area (Å²) >= 11 is 0. The van der Waals surface area contributed by atoms with Crippen LogP contribution < -0.4 is 0 Å². The van der Waals surface area contributed by atoms with E-state index in [-0.39, 0.29) is 0 Å². The summed E-state index contributed by atoms with van der Waals surface area (Å²) in [4.78, 5) is 2.54. The van der Waals surface area contributed by atoms with E-state index in [1.807, 2.05) is 0 Å². The van der Waals surface area contributed by atoms with Crippen molar-refractivity contribution in [3.8, 4) is 0 Å². The number of rotatable bonds is 4. The van der Waals surface area contributed by atoms with E-state index in [1.54, 1.807) is 0 Å². The molecule has 1 heterocycles. The van der Waals surface area contributed by atoms with Gasteiger partial charge >= 0.3 is 0 Å². The quantitative estimate of drug-likeness (QED) is 0.424. The molecule has 5 rings (SSSR count). The van der Waals surface area contributed by atoms with Gasteiger partial charge in [0.05, 0.1) is 5.71 Å². The first-order chi connectivity index (χ1) is 14.8. The molecular weight excluding hydrogens is 366 g/mol. The maximum atomic E-state index is 4.97. The van der Waals surface area contributed by atoms with Crippen LogP contribution in [0.2, 0.25) is 0 Å². The van der Waals surface area contributed by atoms with E-state index < -0.39 is 0 Å². The smallest absolute Gasteiger partial charge is 0.0652 e. The summed E-state index contributed by atoms with van der Waals surface area (Å²) in [5, 5.41) is 12.4. The molecule has 0 aromatic heterocycles. The molecule has 1 fully saturated rings. The zero-order valence-corrected chi connectivity index (χ0v) is 17.5. The molecule has 3 heteroatoms. The van der Waals surface area contributed by atoms with E-state index in [0.29, 0.717) is 0 Å². The van der Waals surface area contributed by atoms with Gasteiger partial charge in [0.2, 0.25) is 0 Å². The van der Waals surface area contributed by atoms with E-state index >= 15 is 0 Å². The normalized spacial score (nSPS) is 15.8. The number of hydrogen-bond donors (Lipinski definition) is 0. The summed E-state index contributed by atoms with van der Waals surface area (Å²) in [6.07, 6.45) is 0. The Kier molecular flexibility index (Phi) is 5.20. The summed E-state index contributed by atoms with van der Waals surface area (Å²) in [5.41, 5.74) is 3.73. The Morgan fingerprint density at radius 3 is 2.07 bits per heavy atom. The van der Waals surface area contributed by atoms with Crippen molar-refractivity contribution in [3.63, 3.8) is 0 Å². The van der Waals surface area contributed by atoms with Gasteiger partial charge in [-0.2, -0.15) is 5.10 Å². The third kappa shape index (κ3) is 3.81. The molecule has 0 N–H and O–H groups in total. The molecule has 150 valence electrons. The van der Waals surface area contributed by atoms with Crippen LogP contribution in [0.25, 0.3) is 21.5 Å². The summed E-state index contributed by atoms with van der Waals surface area (Å²) < 4.78 is 0. The number of benzene rings is 4. The van der Waals surface area contributed by atoms with Crippen LogP contribution in [0.3, 0.4) is 0 Å². The Morgan fingerprint density at radius 1 is 0.700 bits per heavy atom. The van der Waals surface area contributed by atoms with Crippen molar-refractivity contribution in [1.29, 1.82) is 0 Å². The Morgan fingerprint density at radius 2 is 1.30 bits per heavy atom. The summed E-state index contributed by atoms with van der Waals surface area (Å²) in [6.45, 7) is 7.14. The lowest BCUT2D eigenvalue weighted by Gasteiger charge is -2.33. The Labute approximate surface area is 178 Å². The fourth-order valence-electron chi connectivity index (χ4n) is 4.47. The van der Waals surface area contributed by atoms with Gasteiger partial charge in [-0.3, -0.25) is 9.91 Å². The van der Waals surface area contributed by atoms with Crippen molar-refractivity contribution in [2.45, 2.75) is 13.5 Å². The minimum absolute atomic E-state index is 0.965. The topological polar surface area (TPSA) is 18.8 Å². The first-order valence-corrected chi connectivity index (χ1v) is 10.8. The van der Waals surface area contributed by atoms with Crippen LogP contribution in [0.5, 0.6) is 0 Å². The molecule has 0 spiro atoms. The molecule has 0 unspecified atom stereocenters. The Hall–Kier alpha value is -3.17. The second kappa shape index (κ2) is 8.29. The number of hydrazone groups is 1. The highest BCUT2D eigenvalue weighted by Crippen LogP contribution is 2.22. The van der Waals surface area contributed by atoms with Crippen LogP contribution in [0.1, 0.15) is 18.1 Å². The third-order valence-electron chi connectivity index (χ3n) is 6.09. The van der Waals surface area contributed by atoms with Crippen LogP contribution >= 0.6 is 0 Å². The number of nitrogens with zero attached hydrogens (tertiary/aromatic N) is 3. The van der Waals surface area contributed by atoms with Gasteiger partial charge in [-0.25, -0.2) is 0 Å². The largest absolute Gasteiger partial charge is 0.295 e. The zero-order chi connectivity index (χ0) is 20.3. The average molecular weight is 394 g/mol. The zero-order valence-electron chi connectivity index (χ0n) is 17.5. The van der Waals surface area contributed by atoms with Gasteiger partial charge in [0, 0.05) is 38.3 Å². The molecule has 0 amide bonds. The number of fused-ring (bicyclic) bond motifs is 2. The highest BCUT2D eigenvalue weighted by molar-refractivity contribution is 6.09. The van der Waals surface area contributed by atoms with Gasteiger partial charge in [-0.05, 0) is 34.0 Å². The van der Waals surface area contributed by atoms with Crippen LogP contribution in [-0.2, 0) is 6.54 Å². The predicted molar refractivity (Wildman–Crippen MR) is 127 cm³/mol. The van der Waals surface area contributed by atoms with Gasteiger partial charge in [-0.1, -0.05) is 84.9 Å². The molecule has 4 aromatic carbocycles. The Bertz CT molecular complexity index is 1190.